The van der Waals surface area contributed by atoms with Gasteiger partial charge in [-0.15, -0.1) is 0 Å². The van der Waals surface area contributed by atoms with E-state index in [1.54, 1.807) is 18.5 Å². The van der Waals surface area contributed by atoms with E-state index in [9.17, 15) is 4.79 Å². The molecule has 0 saturated carbocycles. The van der Waals surface area contributed by atoms with E-state index in [-0.39, 0.29) is 5.91 Å². The Morgan fingerprint density at radius 3 is 2.50 bits per heavy atom. The van der Waals surface area contributed by atoms with Crippen LogP contribution in [0.25, 0.3) is 0 Å². The lowest BCUT2D eigenvalue weighted by atomic mass is 10.1. The summed E-state index contributed by atoms with van der Waals surface area (Å²) in [5, 5.41) is 0. The third-order valence-corrected chi connectivity index (χ3v) is 4.20. The van der Waals surface area contributed by atoms with E-state index >= 15 is 0 Å². The second-order valence-electron chi connectivity index (χ2n) is 5.22. The molecular formula is C16H17BrN4O. The van der Waals surface area contributed by atoms with Gasteiger partial charge in [0, 0.05) is 43.0 Å². The van der Waals surface area contributed by atoms with Gasteiger partial charge in [-0.05, 0) is 23.8 Å². The molecule has 0 aliphatic carbocycles. The molecule has 1 aliphatic rings. The second kappa shape index (κ2) is 6.87. The van der Waals surface area contributed by atoms with Gasteiger partial charge in [0.05, 0.1) is 6.42 Å². The van der Waals surface area contributed by atoms with Crippen LogP contribution in [0.1, 0.15) is 5.56 Å². The van der Waals surface area contributed by atoms with Crippen LogP contribution in [0.2, 0.25) is 0 Å². The number of carbonyl (C=O) groups is 1. The highest BCUT2D eigenvalue weighted by atomic mass is 79.9. The molecule has 3 rings (SSSR count). The summed E-state index contributed by atoms with van der Waals surface area (Å²) in [5.41, 5.74) is 1.04. The molecule has 1 amide bonds. The van der Waals surface area contributed by atoms with Crippen molar-refractivity contribution in [2.75, 3.05) is 31.1 Å². The highest BCUT2D eigenvalue weighted by Crippen LogP contribution is 2.14. The Balaban J connectivity index is 1.56. The monoisotopic (exact) mass is 360 g/mol. The van der Waals surface area contributed by atoms with Crippen LogP contribution in [0.15, 0.2) is 47.2 Å². The number of aromatic nitrogens is 2. The Labute approximate surface area is 138 Å². The molecule has 0 atom stereocenters. The Hall–Kier alpha value is -1.95. The molecule has 2 aromatic rings. The first-order chi connectivity index (χ1) is 10.7. The fraction of sp³-hybridized carbons (Fsp3) is 0.312. The Kier molecular flexibility index (Phi) is 4.68. The van der Waals surface area contributed by atoms with Gasteiger partial charge in [-0.1, -0.05) is 28.1 Å². The predicted octanol–water partition coefficient (Wildman–Crippen LogP) is 2.13. The minimum Gasteiger partial charge on any atom is -0.339 e. The van der Waals surface area contributed by atoms with Crippen molar-refractivity contribution in [3.8, 4) is 0 Å². The van der Waals surface area contributed by atoms with Gasteiger partial charge < -0.3 is 9.80 Å². The minimum absolute atomic E-state index is 0.173. The molecule has 0 radical (unpaired) electrons. The van der Waals surface area contributed by atoms with E-state index < -0.39 is 0 Å². The highest BCUT2D eigenvalue weighted by molar-refractivity contribution is 9.10. The molecule has 0 bridgehead atoms. The molecule has 1 aromatic carbocycles. The molecule has 1 saturated heterocycles. The standard InChI is InChI=1S/C16H17BrN4O/c17-14-4-1-3-13(11-14)12-15(22)20-7-9-21(10-8-20)16-18-5-2-6-19-16/h1-6,11H,7-10,12H2. The summed E-state index contributed by atoms with van der Waals surface area (Å²) in [5.74, 6) is 0.910. The smallest absolute Gasteiger partial charge is 0.227 e. The maximum absolute atomic E-state index is 12.4. The van der Waals surface area contributed by atoms with Crippen molar-refractivity contribution in [2.24, 2.45) is 0 Å². The van der Waals surface area contributed by atoms with Crippen LogP contribution >= 0.6 is 15.9 Å². The largest absolute Gasteiger partial charge is 0.339 e. The number of halogens is 1. The summed E-state index contributed by atoms with van der Waals surface area (Å²) in [6.45, 7) is 2.97. The molecule has 5 nitrogen and oxygen atoms in total. The molecule has 0 N–H and O–H groups in total. The molecule has 6 heteroatoms. The first-order valence-electron chi connectivity index (χ1n) is 7.26. The minimum atomic E-state index is 0.173. The van der Waals surface area contributed by atoms with Crippen LogP contribution < -0.4 is 4.90 Å². The lowest BCUT2D eigenvalue weighted by Crippen LogP contribution is -2.49. The maximum atomic E-state index is 12.4. The summed E-state index contributed by atoms with van der Waals surface area (Å²) >= 11 is 3.44. The molecule has 114 valence electrons. The van der Waals surface area contributed by atoms with Gasteiger partial charge in [0.25, 0.3) is 0 Å². The van der Waals surface area contributed by atoms with Crippen molar-refractivity contribution in [3.63, 3.8) is 0 Å². The summed E-state index contributed by atoms with van der Waals surface area (Å²) in [6.07, 6.45) is 3.93. The van der Waals surface area contributed by atoms with Gasteiger partial charge in [0.15, 0.2) is 0 Å². The fourth-order valence-electron chi connectivity index (χ4n) is 2.54. The number of rotatable bonds is 3. The molecular weight excluding hydrogens is 344 g/mol. The van der Waals surface area contributed by atoms with E-state index in [1.165, 1.54) is 0 Å². The van der Waals surface area contributed by atoms with Crippen molar-refractivity contribution < 1.29 is 4.79 Å². The molecule has 22 heavy (non-hydrogen) atoms. The highest BCUT2D eigenvalue weighted by Gasteiger charge is 2.22. The zero-order valence-corrected chi connectivity index (χ0v) is 13.7. The maximum Gasteiger partial charge on any atom is 0.227 e. The van der Waals surface area contributed by atoms with Crippen molar-refractivity contribution in [3.05, 3.63) is 52.8 Å². The molecule has 2 heterocycles. The van der Waals surface area contributed by atoms with Gasteiger partial charge in [0.1, 0.15) is 0 Å². The topological polar surface area (TPSA) is 49.3 Å². The lowest BCUT2D eigenvalue weighted by Gasteiger charge is -2.34. The summed E-state index contributed by atoms with van der Waals surface area (Å²) in [6, 6.07) is 9.70. The van der Waals surface area contributed by atoms with Gasteiger partial charge in [-0.2, -0.15) is 0 Å². The molecule has 1 fully saturated rings. The number of nitrogens with zero attached hydrogens (tertiary/aromatic N) is 4. The second-order valence-corrected chi connectivity index (χ2v) is 6.14. The van der Waals surface area contributed by atoms with Crippen LogP contribution in [0.3, 0.4) is 0 Å². The fourth-order valence-corrected chi connectivity index (χ4v) is 2.99. The van der Waals surface area contributed by atoms with Crippen LogP contribution in [0, 0.1) is 0 Å². The zero-order chi connectivity index (χ0) is 15.4. The van der Waals surface area contributed by atoms with Gasteiger partial charge in [-0.25, -0.2) is 9.97 Å². The number of hydrogen-bond donors (Lipinski definition) is 0. The average Bonchev–Trinajstić information content (AvgIpc) is 2.56. The van der Waals surface area contributed by atoms with Crippen molar-refractivity contribution in [1.82, 2.24) is 14.9 Å². The summed E-state index contributed by atoms with van der Waals surface area (Å²) < 4.78 is 1.00. The quantitative estimate of drug-likeness (QED) is 0.841. The van der Waals surface area contributed by atoms with E-state index in [4.69, 9.17) is 0 Å². The van der Waals surface area contributed by atoms with Crippen LogP contribution in [-0.4, -0.2) is 47.0 Å². The molecule has 0 spiro atoms. The third kappa shape index (κ3) is 3.62. The number of carbonyl (C=O) groups excluding carboxylic acids is 1. The SMILES string of the molecule is O=C(Cc1cccc(Br)c1)N1CCN(c2ncccn2)CC1. The molecule has 0 unspecified atom stereocenters. The van der Waals surface area contributed by atoms with Crippen LogP contribution in [0.5, 0.6) is 0 Å². The summed E-state index contributed by atoms with van der Waals surface area (Å²) in [4.78, 5) is 24.9. The summed E-state index contributed by atoms with van der Waals surface area (Å²) in [7, 11) is 0. The zero-order valence-electron chi connectivity index (χ0n) is 12.2. The number of anilines is 1. The van der Waals surface area contributed by atoms with Crippen molar-refractivity contribution in [2.45, 2.75) is 6.42 Å². The number of hydrogen-bond acceptors (Lipinski definition) is 4. The number of amides is 1. The first kappa shape index (κ1) is 15.0. The average molecular weight is 361 g/mol. The Morgan fingerprint density at radius 2 is 1.82 bits per heavy atom. The van der Waals surface area contributed by atoms with Crippen molar-refractivity contribution in [1.29, 1.82) is 0 Å². The molecule has 1 aliphatic heterocycles. The first-order valence-corrected chi connectivity index (χ1v) is 8.06. The van der Waals surface area contributed by atoms with Gasteiger partial charge in [0.2, 0.25) is 11.9 Å². The van der Waals surface area contributed by atoms with Crippen LogP contribution in [-0.2, 0) is 11.2 Å². The Bertz CT molecular complexity index is 642. The van der Waals surface area contributed by atoms with Crippen molar-refractivity contribution >= 4 is 27.8 Å². The van der Waals surface area contributed by atoms with E-state index in [2.05, 4.69) is 30.8 Å². The van der Waals surface area contributed by atoms with Gasteiger partial charge in [-0.3, -0.25) is 4.79 Å². The Morgan fingerprint density at radius 1 is 1.09 bits per heavy atom. The van der Waals surface area contributed by atoms with E-state index in [0.717, 1.165) is 29.1 Å². The van der Waals surface area contributed by atoms with E-state index in [1.807, 2.05) is 29.2 Å². The van der Waals surface area contributed by atoms with E-state index in [0.29, 0.717) is 19.5 Å². The number of benzene rings is 1. The van der Waals surface area contributed by atoms with Crippen LogP contribution in [0.4, 0.5) is 5.95 Å². The number of piperazine rings is 1. The lowest BCUT2D eigenvalue weighted by molar-refractivity contribution is -0.130. The third-order valence-electron chi connectivity index (χ3n) is 3.71. The normalized spacial score (nSPS) is 15.0. The molecule has 1 aromatic heterocycles. The van der Waals surface area contributed by atoms with Gasteiger partial charge >= 0.3 is 0 Å². The predicted molar refractivity (Wildman–Crippen MR) is 88.7 cm³/mol.